The zero-order valence-corrected chi connectivity index (χ0v) is 9.77. The normalized spacial score (nSPS) is 8.56. The third kappa shape index (κ3) is 2.82. The van der Waals surface area contributed by atoms with Crippen LogP contribution in [0.4, 0.5) is 0 Å². The first-order chi connectivity index (χ1) is 8.81. The Bertz CT molecular complexity index is 614. The van der Waals surface area contributed by atoms with Crippen LogP contribution in [0.25, 0.3) is 0 Å². The lowest BCUT2D eigenvalue weighted by atomic mass is 10.1. The second-order valence-corrected chi connectivity index (χ2v) is 3.69. The van der Waals surface area contributed by atoms with E-state index in [1.807, 2.05) is 48.5 Å². The summed E-state index contributed by atoms with van der Waals surface area (Å²) in [6.45, 7) is 0. The summed E-state index contributed by atoms with van der Waals surface area (Å²) in [5.41, 5.74) is 3.60. The van der Waals surface area contributed by atoms with Gasteiger partial charge in [0.15, 0.2) is 0 Å². The molecule has 0 unspecified atom stereocenters. The van der Waals surface area contributed by atoms with Crippen LogP contribution in [0.5, 0.6) is 0 Å². The molecule has 0 aliphatic carbocycles. The Labute approximate surface area is 108 Å². The van der Waals surface area contributed by atoms with E-state index in [-0.39, 0.29) is 0 Å². The molecule has 0 fully saturated rings. The lowest BCUT2D eigenvalue weighted by molar-refractivity contribution is 1.58. The summed E-state index contributed by atoms with van der Waals surface area (Å²) >= 11 is 0. The molecule has 82 valence electrons. The van der Waals surface area contributed by atoms with E-state index in [1.165, 1.54) is 0 Å². The minimum atomic E-state index is 0.860. The number of terminal acetylenes is 2. The van der Waals surface area contributed by atoms with Crippen LogP contribution in [0.15, 0.2) is 48.5 Å². The van der Waals surface area contributed by atoms with Crippen LogP contribution in [-0.4, -0.2) is 0 Å². The summed E-state index contributed by atoms with van der Waals surface area (Å²) in [5, 5.41) is 0. The van der Waals surface area contributed by atoms with Crippen molar-refractivity contribution in [2.45, 2.75) is 0 Å². The molecule has 2 rings (SSSR count). The zero-order chi connectivity index (χ0) is 12.8. The van der Waals surface area contributed by atoms with Crippen LogP contribution in [0.1, 0.15) is 22.3 Å². The Morgan fingerprint density at radius 3 is 1.06 bits per heavy atom. The minimum absolute atomic E-state index is 0.860. The van der Waals surface area contributed by atoms with Gasteiger partial charge in [0.2, 0.25) is 0 Å². The van der Waals surface area contributed by atoms with Gasteiger partial charge in [-0.15, -0.1) is 12.8 Å². The molecule has 0 saturated heterocycles. The summed E-state index contributed by atoms with van der Waals surface area (Å²) in [7, 11) is 0. The van der Waals surface area contributed by atoms with Gasteiger partial charge >= 0.3 is 0 Å². The average Bonchev–Trinajstić information content (AvgIpc) is 2.46. The van der Waals surface area contributed by atoms with Gasteiger partial charge in [-0.1, -0.05) is 23.7 Å². The molecule has 18 heavy (non-hydrogen) atoms. The molecule has 0 amide bonds. The van der Waals surface area contributed by atoms with E-state index >= 15 is 0 Å². The van der Waals surface area contributed by atoms with Crippen LogP contribution in [0.2, 0.25) is 0 Å². The fraction of sp³-hybridized carbons (Fsp3) is 0. The van der Waals surface area contributed by atoms with Crippen molar-refractivity contribution in [3.05, 3.63) is 70.8 Å². The van der Waals surface area contributed by atoms with Crippen molar-refractivity contribution in [1.82, 2.24) is 0 Å². The molecule has 0 bridgehead atoms. The first-order valence-electron chi connectivity index (χ1n) is 5.47. The van der Waals surface area contributed by atoms with Gasteiger partial charge in [0.05, 0.1) is 0 Å². The molecule has 0 heteroatoms. The summed E-state index contributed by atoms with van der Waals surface area (Å²) in [4.78, 5) is 0. The first kappa shape index (κ1) is 11.6. The Kier molecular flexibility index (Phi) is 3.51. The lowest BCUT2D eigenvalue weighted by Crippen LogP contribution is -1.78. The molecule has 0 spiro atoms. The predicted molar refractivity (Wildman–Crippen MR) is 74.7 cm³/mol. The SMILES string of the molecule is C#Cc1ccc(C#Cc2ccc(C#C)cc2)cc1. The highest BCUT2D eigenvalue weighted by Gasteiger charge is 1.89. The van der Waals surface area contributed by atoms with Gasteiger partial charge in [-0.3, -0.25) is 0 Å². The van der Waals surface area contributed by atoms with E-state index in [0.717, 1.165) is 22.3 Å². The summed E-state index contributed by atoms with van der Waals surface area (Å²) < 4.78 is 0. The molecule has 0 N–H and O–H groups in total. The van der Waals surface area contributed by atoms with Crippen LogP contribution in [0, 0.1) is 36.5 Å². The van der Waals surface area contributed by atoms with Crippen molar-refractivity contribution >= 4 is 0 Å². The van der Waals surface area contributed by atoms with Gasteiger partial charge in [0.1, 0.15) is 0 Å². The van der Waals surface area contributed by atoms with Gasteiger partial charge in [-0.25, -0.2) is 0 Å². The number of hydrogen-bond donors (Lipinski definition) is 0. The Hall–Kier alpha value is -2.88. The summed E-state index contributed by atoms with van der Waals surface area (Å²) in [6.07, 6.45) is 10.6. The van der Waals surface area contributed by atoms with E-state index in [0.29, 0.717) is 0 Å². The molecule has 0 radical (unpaired) electrons. The van der Waals surface area contributed by atoms with Crippen molar-refractivity contribution in [1.29, 1.82) is 0 Å². The molecule has 0 aliphatic rings. The van der Waals surface area contributed by atoms with Gasteiger partial charge < -0.3 is 0 Å². The predicted octanol–water partition coefficient (Wildman–Crippen LogP) is 3.05. The number of rotatable bonds is 0. The van der Waals surface area contributed by atoms with Gasteiger partial charge in [0, 0.05) is 22.3 Å². The highest BCUT2D eigenvalue weighted by molar-refractivity contribution is 5.46. The third-order valence-corrected chi connectivity index (χ3v) is 2.45. The van der Waals surface area contributed by atoms with Gasteiger partial charge in [-0.2, -0.15) is 0 Å². The maximum absolute atomic E-state index is 5.29. The second-order valence-electron chi connectivity index (χ2n) is 3.69. The second kappa shape index (κ2) is 5.45. The largest absolute Gasteiger partial charge is 0.115 e. The number of hydrogen-bond acceptors (Lipinski definition) is 0. The van der Waals surface area contributed by atoms with E-state index in [9.17, 15) is 0 Å². The molecule has 0 nitrogen and oxygen atoms in total. The fourth-order valence-electron chi connectivity index (χ4n) is 1.44. The third-order valence-electron chi connectivity index (χ3n) is 2.45. The van der Waals surface area contributed by atoms with Gasteiger partial charge in [-0.05, 0) is 48.5 Å². The maximum Gasteiger partial charge on any atom is 0.0249 e. The molecule has 0 saturated carbocycles. The standard InChI is InChI=1S/C18H10/c1-3-15-5-9-17(10-6-15)13-14-18-11-7-16(4-2)8-12-18/h1-2,5-12H. The van der Waals surface area contributed by atoms with Crippen LogP contribution >= 0.6 is 0 Å². The van der Waals surface area contributed by atoms with E-state index in [2.05, 4.69) is 23.7 Å². The molecule has 0 aliphatic heterocycles. The van der Waals surface area contributed by atoms with Crippen molar-refractivity contribution in [2.75, 3.05) is 0 Å². The molecule has 2 aromatic rings. The molecule has 0 atom stereocenters. The molecule has 0 aromatic heterocycles. The zero-order valence-electron chi connectivity index (χ0n) is 9.77. The highest BCUT2D eigenvalue weighted by Crippen LogP contribution is 2.04. The van der Waals surface area contributed by atoms with Gasteiger partial charge in [0.25, 0.3) is 0 Å². The van der Waals surface area contributed by atoms with Crippen LogP contribution in [-0.2, 0) is 0 Å². The van der Waals surface area contributed by atoms with E-state index in [4.69, 9.17) is 12.8 Å². The molecular formula is C18H10. The average molecular weight is 226 g/mol. The van der Waals surface area contributed by atoms with E-state index < -0.39 is 0 Å². The fourth-order valence-corrected chi connectivity index (χ4v) is 1.44. The quantitative estimate of drug-likeness (QED) is 0.606. The van der Waals surface area contributed by atoms with Crippen molar-refractivity contribution < 1.29 is 0 Å². The van der Waals surface area contributed by atoms with Crippen LogP contribution in [0.3, 0.4) is 0 Å². The highest BCUT2D eigenvalue weighted by atomic mass is 13.9. The van der Waals surface area contributed by atoms with Crippen molar-refractivity contribution in [2.24, 2.45) is 0 Å². The Morgan fingerprint density at radius 1 is 0.500 bits per heavy atom. The van der Waals surface area contributed by atoms with Crippen molar-refractivity contribution in [3.8, 4) is 36.5 Å². The van der Waals surface area contributed by atoms with Crippen molar-refractivity contribution in [3.63, 3.8) is 0 Å². The molecular weight excluding hydrogens is 216 g/mol. The molecule has 0 heterocycles. The maximum atomic E-state index is 5.29. The minimum Gasteiger partial charge on any atom is -0.115 e. The first-order valence-corrected chi connectivity index (χ1v) is 5.47. The summed E-state index contributed by atoms with van der Waals surface area (Å²) in [5.74, 6) is 11.3. The number of benzene rings is 2. The Balaban J connectivity index is 2.20. The molecule has 2 aromatic carbocycles. The smallest absolute Gasteiger partial charge is 0.0249 e. The topological polar surface area (TPSA) is 0 Å². The lowest BCUT2D eigenvalue weighted by Gasteiger charge is -1.92. The Morgan fingerprint density at radius 2 is 0.778 bits per heavy atom. The summed E-state index contributed by atoms with van der Waals surface area (Å²) in [6, 6.07) is 15.2. The van der Waals surface area contributed by atoms with E-state index in [1.54, 1.807) is 0 Å². The monoisotopic (exact) mass is 226 g/mol. The van der Waals surface area contributed by atoms with Crippen LogP contribution < -0.4 is 0 Å².